The molecule has 9 heteroatoms. The molecule has 3 aliphatic heterocycles. The van der Waals surface area contributed by atoms with E-state index in [4.69, 9.17) is 4.74 Å². The van der Waals surface area contributed by atoms with Gasteiger partial charge in [0.1, 0.15) is 5.75 Å². The average molecular weight is 609 g/mol. The quantitative estimate of drug-likeness (QED) is 0.183. The van der Waals surface area contributed by atoms with Crippen LogP contribution in [0.25, 0.3) is 10.1 Å². The van der Waals surface area contributed by atoms with E-state index in [2.05, 4.69) is 39.4 Å². The summed E-state index contributed by atoms with van der Waals surface area (Å²) < 4.78 is 7.44. The monoisotopic (exact) mass is 608 g/mol. The third-order valence-electron chi connectivity index (χ3n) is 9.01. The van der Waals surface area contributed by atoms with Crippen LogP contribution in [-0.4, -0.2) is 91.4 Å². The first kappa shape index (κ1) is 28.6. The largest absolute Gasteiger partial charge is 0.494 e. The normalized spacial score (nSPS) is 17.0. The summed E-state index contributed by atoms with van der Waals surface area (Å²) in [6, 6.07) is 21.6. The fraction of sp³-hybridized carbons (Fsp3) is 0.343. The van der Waals surface area contributed by atoms with Gasteiger partial charge in [-0.2, -0.15) is 0 Å². The molecule has 1 fully saturated rings. The Morgan fingerprint density at radius 2 is 1.50 bits per heavy atom. The van der Waals surface area contributed by atoms with E-state index >= 15 is 0 Å². The number of amides is 3. The molecule has 0 unspecified atom stereocenters. The molecule has 0 aliphatic carbocycles. The Morgan fingerprint density at radius 3 is 2.30 bits per heavy atom. The summed E-state index contributed by atoms with van der Waals surface area (Å²) in [5.41, 5.74) is 3.98. The number of piperazine rings is 1. The zero-order valence-electron chi connectivity index (χ0n) is 24.7. The molecular weight excluding hydrogens is 572 g/mol. The molecule has 0 atom stereocenters. The first-order chi connectivity index (χ1) is 21.6. The summed E-state index contributed by atoms with van der Waals surface area (Å²) in [7, 11) is 0. The first-order valence-corrected chi connectivity index (χ1v) is 16.4. The second-order valence-corrected chi connectivity index (χ2v) is 12.6. The predicted molar refractivity (Wildman–Crippen MR) is 173 cm³/mol. The summed E-state index contributed by atoms with van der Waals surface area (Å²) in [6.45, 7) is 7.14. The fourth-order valence-corrected chi connectivity index (χ4v) is 7.42. The molecule has 0 N–H and O–H groups in total. The Bertz CT molecular complexity index is 1670. The number of fused-ring (bicyclic) bond motifs is 3. The number of imide groups is 1. The SMILES string of the molecule is O=C1c2cc(OCCCN3CCN(c4cccc5sccc45)CC3)ccc2CCN1CCCN1C(=O)c2ccccc2C1=O. The van der Waals surface area contributed by atoms with Crippen LogP contribution in [0.1, 0.15) is 49.5 Å². The number of rotatable bonds is 10. The molecule has 3 amide bonds. The lowest BCUT2D eigenvalue weighted by molar-refractivity contribution is 0.0640. The lowest BCUT2D eigenvalue weighted by atomic mass is 9.98. The van der Waals surface area contributed by atoms with E-state index in [1.54, 1.807) is 35.6 Å². The number of benzene rings is 3. The highest BCUT2D eigenvalue weighted by Gasteiger charge is 2.35. The van der Waals surface area contributed by atoms with E-state index in [9.17, 15) is 14.4 Å². The van der Waals surface area contributed by atoms with Gasteiger partial charge in [-0.15, -0.1) is 11.3 Å². The van der Waals surface area contributed by atoms with E-state index in [0.29, 0.717) is 49.4 Å². The zero-order chi connectivity index (χ0) is 30.0. The summed E-state index contributed by atoms with van der Waals surface area (Å²) in [4.78, 5) is 46.8. The molecule has 3 aliphatic rings. The number of anilines is 1. The highest BCUT2D eigenvalue weighted by Crippen LogP contribution is 2.31. The second kappa shape index (κ2) is 12.4. The Kier molecular flexibility index (Phi) is 8.06. The smallest absolute Gasteiger partial charge is 0.261 e. The predicted octanol–water partition coefficient (Wildman–Crippen LogP) is 5.18. The van der Waals surface area contributed by atoms with E-state index in [1.807, 2.05) is 23.1 Å². The molecule has 0 radical (unpaired) electrons. The number of carbonyl (C=O) groups is 3. The molecule has 1 aromatic heterocycles. The van der Waals surface area contributed by atoms with Crippen molar-refractivity contribution < 1.29 is 19.1 Å². The van der Waals surface area contributed by atoms with Gasteiger partial charge in [0.05, 0.1) is 17.7 Å². The molecule has 0 spiro atoms. The Labute approximate surface area is 261 Å². The van der Waals surface area contributed by atoms with Crippen molar-refractivity contribution in [1.82, 2.24) is 14.7 Å². The van der Waals surface area contributed by atoms with Crippen LogP contribution in [0, 0.1) is 0 Å². The van der Waals surface area contributed by atoms with Crippen LogP contribution in [-0.2, 0) is 6.42 Å². The average Bonchev–Trinajstić information content (AvgIpc) is 3.64. The minimum Gasteiger partial charge on any atom is -0.494 e. The van der Waals surface area contributed by atoms with Crippen molar-refractivity contribution in [2.45, 2.75) is 19.3 Å². The standard InChI is InChI=1S/C35H36N4O4S/c40-33-30-24-26(43-22-5-14-36-18-20-37(21-19-36)31-8-3-9-32-29(31)13-23-44-32)11-10-25(30)12-17-38(33)15-4-16-39-34(41)27-6-1-2-7-28(27)35(39)42/h1-3,6-11,13,23-24H,4-5,12,14-22H2. The molecule has 8 nitrogen and oxygen atoms in total. The van der Waals surface area contributed by atoms with Crippen molar-refractivity contribution in [2.75, 3.05) is 63.9 Å². The Hall–Kier alpha value is -4.21. The maximum atomic E-state index is 13.3. The molecule has 0 saturated carbocycles. The summed E-state index contributed by atoms with van der Waals surface area (Å²) >= 11 is 1.80. The van der Waals surface area contributed by atoms with Crippen molar-refractivity contribution in [3.63, 3.8) is 0 Å². The Morgan fingerprint density at radius 1 is 0.705 bits per heavy atom. The van der Waals surface area contributed by atoms with E-state index in [1.165, 1.54) is 20.7 Å². The third-order valence-corrected chi connectivity index (χ3v) is 9.89. The fourth-order valence-electron chi connectivity index (χ4n) is 6.61. The second-order valence-electron chi connectivity index (χ2n) is 11.7. The van der Waals surface area contributed by atoms with Gasteiger partial charge in [0.25, 0.3) is 17.7 Å². The molecule has 44 heavy (non-hydrogen) atoms. The third kappa shape index (κ3) is 5.57. The van der Waals surface area contributed by atoms with Gasteiger partial charge >= 0.3 is 0 Å². The van der Waals surface area contributed by atoms with E-state index in [0.717, 1.165) is 56.9 Å². The van der Waals surface area contributed by atoms with Gasteiger partial charge in [0.2, 0.25) is 0 Å². The molecule has 7 rings (SSSR count). The molecular formula is C35H36N4O4S. The van der Waals surface area contributed by atoms with Gasteiger partial charge < -0.3 is 14.5 Å². The maximum absolute atomic E-state index is 13.3. The molecule has 4 aromatic rings. The maximum Gasteiger partial charge on any atom is 0.261 e. The lowest BCUT2D eigenvalue weighted by Gasteiger charge is -2.36. The van der Waals surface area contributed by atoms with Crippen molar-refractivity contribution in [3.8, 4) is 5.75 Å². The Balaban J connectivity index is 0.861. The van der Waals surface area contributed by atoms with Crippen molar-refractivity contribution in [1.29, 1.82) is 0 Å². The molecule has 1 saturated heterocycles. The van der Waals surface area contributed by atoms with Crippen LogP contribution in [0.2, 0.25) is 0 Å². The number of ether oxygens (including phenoxy) is 1. The van der Waals surface area contributed by atoms with Gasteiger partial charge in [-0.1, -0.05) is 24.3 Å². The van der Waals surface area contributed by atoms with Crippen LogP contribution in [0.5, 0.6) is 5.75 Å². The van der Waals surface area contributed by atoms with Crippen LogP contribution < -0.4 is 9.64 Å². The summed E-state index contributed by atoms with van der Waals surface area (Å²) in [6.07, 6.45) is 2.25. The van der Waals surface area contributed by atoms with Gasteiger partial charge in [-0.25, -0.2) is 0 Å². The van der Waals surface area contributed by atoms with Crippen LogP contribution in [0.4, 0.5) is 5.69 Å². The van der Waals surface area contributed by atoms with Crippen molar-refractivity contribution in [2.24, 2.45) is 0 Å². The van der Waals surface area contributed by atoms with Crippen molar-refractivity contribution >= 4 is 44.8 Å². The minimum atomic E-state index is -0.253. The zero-order valence-corrected chi connectivity index (χ0v) is 25.6. The van der Waals surface area contributed by atoms with Gasteiger partial charge in [-0.05, 0) is 72.7 Å². The van der Waals surface area contributed by atoms with Crippen molar-refractivity contribution in [3.05, 3.63) is 94.4 Å². The van der Waals surface area contributed by atoms with E-state index < -0.39 is 0 Å². The van der Waals surface area contributed by atoms with E-state index in [-0.39, 0.29) is 17.7 Å². The summed E-state index contributed by atoms with van der Waals surface area (Å²) in [5, 5.41) is 3.52. The molecule has 0 bridgehead atoms. The number of carbonyl (C=O) groups excluding carboxylic acids is 3. The van der Waals surface area contributed by atoms with Crippen LogP contribution in [0.3, 0.4) is 0 Å². The first-order valence-electron chi connectivity index (χ1n) is 15.5. The minimum absolute atomic E-state index is 0.0184. The molecule has 226 valence electrons. The van der Waals surface area contributed by atoms with Crippen LogP contribution >= 0.6 is 11.3 Å². The highest BCUT2D eigenvalue weighted by atomic mass is 32.1. The van der Waals surface area contributed by atoms with Gasteiger partial charge in [0.15, 0.2) is 0 Å². The van der Waals surface area contributed by atoms with Gasteiger partial charge in [0, 0.05) is 73.7 Å². The van der Waals surface area contributed by atoms with Gasteiger partial charge in [-0.3, -0.25) is 24.2 Å². The number of nitrogens with zero attached hydrogens (tertiary/aromatic N) is 4. The number of hydrogen-bond donors (Lipinski definition) is 0. The highest BCUT2D eigenvalue weighted by molar-refractivity contribution is 7.17. The molecule has 4 heterocycles. The topological polar surface area (TPSA) is 73.4 Å². The number of thiophene rings is 1. The summed E-state index contributed by atoms with van der Waals surface area (Å²) in [5.74, 6) is 0.197. The number of hydrogen-bond acceptors (Lipinski definition) is 7. The molecule has 3 aromatic carbocycles. The lowest BCUT2D eigenvalue weighted by Crippen LogP contribution is -2.46. The van der Waals surface area contributed by atoms with Crippen LogP contribution in [0.15, 0.2) is 72.1 Å².